The van der Waals surface area contributed by atoms with E-state index in [0.29, 0.717) is 11.4 Å². The summed E-state index contributed by atoms with van der Waals surface area (Å²) in [5.41, 5.74) is 13.6. The molecule has 4 aromatic carbocycles. The molecule has 9 heteroatoms. The fraction of sp³-hybridized carbons (Fsp3) is 0.107. The number of nitrogens with one attached hydrogen (secondary N) is 1. The number of rotatable bonds is 8. The molecule has 0 aliphatic carbocycles. The maximum atomic E-state index is 13.5. The van der Waals surface area contributed by atoms with Gasteiger partial charge in [0, 0.05) is 18.7 Å². The lowest BCUT2D eigenvalue weighted by atomic mass is 10.0. The molecular weight excluding hydrogens is 490 g/mol. The lowest BCUT2D eigenvalue weighted by Crippen LogP contribution is -2.47. The Morgan fingerprint density at radius 2 is 1.49 bits per heavy atom. The van der Waals surface area contributed by atoms with Crippen LogP contribution < -0.4 is 16.8 Å². The maximum Gasteiger partial charge on any atom is 0.408 e. The summed E-state index contributed by atoms with van der Waals surface area (Å²) < 4.78 is 0. The van der Waals surface area contributed by atoms with Gasteiger partial charge in [0.15, 0.2) is 5.96 Å². The first-order chi connectivity index (χ1) is 17.4. The van der Waals surface area contributed by atoms with E-state index < -0.39 is 18.0 Å². The number of carboxylic acid groups (broad SMARTS) is 1. The number of guanidine groups is 1. The van der Waals surface area contributed by atoms with Crippen LogP contribution in [0.25, 0.3) is 10.8 Å². The van der Waals surface area contributed by atoms with E-state index in [-0.39, 0.29) is 31.3 Å². The monoisotopic (exact) mass is 517 g/mol. The van der Waals surface area contributed by atoms with E-state index in [1.165, 1.54) is 0 Å². The Hall–Kier alpha value is -4.56. The number of benzene rings is 4. The van der Waals surface area contributed by atoms with Gasteiger partial charge in [0.1, 0.15) is 6.04 Å². The van der Waals surface area contributed by atoms with E-state index in [1.54, 1.807) is 24.3 Å². The Bertz CT molecular complexity index is 1390. The minimum atomic E-state index is -1.19. The van der Waals surface area contributed by atoms with Crippen LogP contribution in [0, 0.1) is 0 Å². The lowest BCUT2D eigenvalue weighted by molar-refractivity contribution is -0.121. The number of anilines is 1. The quantitative estimate of drug-likeness (QED) is 0.195. The molecule has 37 heavy (non-hydrogen) atoms. The van der Waals surface area contributed by atoms with Crippen molar-refractivity contribution in [3.05, 3.63) is 108 Å². The van der Waals surface area contributed by atoms with Crippen molar-refractivity contribution in [3.63, 3.8) is 0 Å². The Morgan fingerprint density at radius 3 is 2.14 bits per heavy atom. The average molecular weight is 518 g/mol. The van der Waals surface area contributed by atoms with Crippen LogP contribution in [-0.2, 0) is 17.8 Å². The van der Waals surface area contributed by atoms with Crippen LogP contribution in [0.4, 0.5) is 16.2 Å². The van der Waals surface area contributed by atoms with Crippen molar-refractivity contribution in [2.24, 2.45) is 16.5 Å². The number of aliphatic imine (C=N–C) groups is 1. The second-order valence-corrected chi connectivity index (χ2v) is 8.37. The second-order valence-electron chi connectivity index (χ2n) is 8.37. The lowest BCUT2D eigenvalue weighted by Gasteiger charge is -2.29. The smallest absolute Gasteiger partial charge is 0.408 e. The van der Waals surface area contributed by atoms with Crippen LogP contribution in [-0.4, -0.2) is 34.0 Å². The summed E-state index contributed by atoms with van der Waals surface area (Å²) in [6, 6.07) is 28.6. The van der Waals surface area contributed by atoms with Crippen molar-refractivity contribution in [3.8, 4) is 0 Å². The summed E-state index contributed by atoms with van der Waals surface area (Å²) in [7, 11) is 0. The summed E-state index contributed by atoms with van der Waals surface area (Å²) >= 11 is 0. The van der Waals surface area contributed by atoms with Gasteiger partial charge < -0.3 is 21.9 Å². The number of hydrogen-bond donors (Lipinski definition) is 4. The summed E-state index contributed by atoms with van der Waals surface area (Å²) in [5.74, 6) is -0.479. The van der Waals surface area contributed by atoms with Crippen molar-refractivity contribution in [1.29, 1.82) is 0 Å². The molecule has 0 spiro atoms. The SMILES string of the molecule is Cl.NC(N)=Nc1ccc(C[C@@H](C(=O)Nc2ccc3ccccc3c2)N(Cc2ccccc2)C(=O)O)cc1. The number of carbonyl (C=O) groups excluding carboxylic acids is 1. The molecule has 0 fully saturated rings. The number of halogens is 1. The van der Waals surface area contributed by atoms with Crippen molar-refractivity contribution >= 4 is 52.5 Å². The summed E-state index contributed by atoms with van der Waals surface area (Å²) in [6.45, 7) is 0.0675. The third kappa shape index (κ3) is 7.22. The minimum absolute atomic E-state index is 0. The van der Waals surface area contributed by atoms with E-state index in [4.69, 9.17) is 11.5 Å². The fourth-order valence-electron chi connectivity index (χ4n) is 4.01. The number of carbonyl (C=O) groups is 2. The van der Waals surface area contributed by atoms with Gasteiger partial charge >= 0.3 is 6.09 Å². The molecular formula is C28H28ClN5O3. The largest absolute Gasteiger partial charge is 0.465 e. The molecule has 0 bridgehead atoms. The Labute approximate surface area is 221 Å². The van der Waals surface area contributed by atoms with Crippen molar-refractivity contribution in [2.75, 3.05) is 5.32 Å². The molecule has 0 unspecified atom stereocenters. The number of hydrogen-bond acceptors (Lipinski definition) is 3. The number of fused-ring (bicyclic) bond motifs is 1. The van der Waals surface area contributed by atoms with E-state index in [9.17, 15) is 14.7 Å². The third-order valence-corrected chi connectivity index (χ3v) is 5.76. The molecule has 0 radical (unpaired) electrons. The van der Waals surface area contributed by atoms with Crippen LogP contribution in [0.2, 0.25) is 0 Å². The molecule has 2 amide bonds. The summed E-state index contributed by atoms with van der Waals surface area (Å²) in [6.07, 6.45) is -1.02. The predicted molar refractivity (Wildman–Crippen MR) is 149 cm³/mol. The van der Waals surface area contributed by atoms with Crippen LogP contribution in [0.5, 0.6) is 0 Å². The zero-order chi connectivity index (χ0) is 25.5. The molecule has 0 aromatic heterocycles. The number of nitrogens with zero attached hydrogens (tertiary/aromatic N) is 2. The van der Waals surface area contributed by atoms with Gasteiger partial charge in [-0.2, -0.15) is 0 Å². The van der Waals surface area contributed by atoms with Gasteiger partial charge in [-0.15, -0.1) is 12.4 Å². The minimum Gasteiger partial charge on any atom is -0.465 e. The first-order valence-electron chi connectivity index (χ1n) is 11.4. The number of amides is 2. The molecule has 0 aliphatic heterocycles. The third-order valence-electron chi connectivity index (χ3n) is 5.76. The van der Waals surface area contributed by atoms with E-state index in [1.807, 2.05) is 72.8 Å². The highest BCUT2D eigenvalue weighted by molar-refractivity contribution is 5.98. The van der Waals surface area contributed by atoms with Gasteiger partial charge in [0.05, 0.1) is 5.69 Å². The molecule has 190 valence electrons. The van der Waals surface area contributed by atoms with E-state index in [2.05, 4.69) is 10.3 Å². The molecule has 4 aromatic rings. The van der Waals surface area contributed by atoms with Crippen LogP contribution >= 0.6 is 12.4 Å². The topological polar surface area (TPSA) is 134 Å². The van der Waals surface area contributed by atoms with Crippen LogP contribution in [0.3, 0.4) is 0 Å². The Morgan fingerprint density at radius 1 is 0.838 bits per heavy atom. The Kier molecular flexibility index (Phi) is 9.07. The summed E-state index contributed by atoms with van der Waals surface area (Å²) in [4.78, 5) is 31.0. The molecule has 4 rings (SSSR count). The molecule has 8 nitrogen and oxygen atoms in total. The molecule has 0 saturated heterocycles. The standard InChI is InChI=1S/C28H27N5O3.ClH/c29-27(30)32-23-13-10-19(11-14-23)16-25(33(28(35)36)18-20-6-2-1-3-7-20)26(34)31-24-15-12-21-8-4-5-9-22(21)17-24;/h1-15,17,25H,16,18H2,(H,31,34)(H,35,36)(H4,29,30,32);1H/t25-;/m0./s1. The first kappa shape index (κ1) is 27.0. The number of nitrogens with two attached hydrogens (primary N) is 2. The van der Waals surface area contributed by atoms with Crippen molar-refractivity contribution < 1.29 is 14.7 Å². The first-order valence-corrected chi connectivity index (χ1v) is 11.4. The average Bonchev–Trinajstić information content (AvgIpc) is 2.87. The fourth-order valence-corrected chi connectivity index (χ4v) is 4.01. The summed E-state index contributed by atoms with van der Waals surface area (Å²) in [5, 5.41) is 15.0. The Balaban J connectivity index is 0.00000380. The predicted octanol–water partition coefficient (Wildman–Crippen LogP) is 4.90. The van der Waals surface area contributed by atoms with Gasteiger partial charge in [-0.3, -0.25) is 9.69 Å². The van der Waals surface area contributed by atoms with Gasteiger partial charge in [0.2, 0.25) is 5.91 Å². The van der Waals surface area contributed by atoms with Gasteiger partial charge in [-0.1, -0.05) is 72.8 Å². The van der Waals surface area contributed by atoms with Gasteiger partial charge in [0.25, 0.3) is 0 Å². The highest BCUT2D eigenvalue weighted by Gasteiger charge is 2.30. The van der Waals surface area contributed by atoms with E-state index in [0.717, 1.165) is 26.8 Å². The normalized spacial score (nSPS) is 11.1. The van der Waals surface area contributed by atoms with Crippen LogP contribution in [0.1, 0.15) is 11.1 Å². The highest BCUT2D eigenvalue weighted by Crippen LogP contribution is 2.22. The molecule has 0 aliphatic rings. The van der Waals surface area contributed by atoms with Crippen LogP contribution in [0.15, 0.2) is 102 Å². The van der Waals surface area contributed by atoms with Gasteiger partial charge in [-0.25, -0.2) is 9.79 Å². The van der Waals surface area contributed by atoms with Crippen molar-refractivity contribution in [1.82, 2.24) is 4.90 Å². The zero-order valence-electron chi connectivity index (χ0n) is 20.0. The van der Waals surface area contributed by atoms with E-state index >= 15 is 0 Å². The molecule has 1 atom stereocenters. The molecule has 6 N–H and O–H groups in total. The highest BCUT2D eigenvalue weighted by atomic mass is 35.5. The second kappa shape index (κ2) is 12.4. The van der Waals surface area contributed by atoms with Gasteiger partial charge in [-0.05, 0) is 46.2 Å². The van der Waals surface area contributed by atoms with Crippen molar-refractivity contribution in [2.45, 2.75) is 19.0 Å². The molecule has 0 heterocycles. The zero-order valence-corrected chi connectivity index (χ0v) is 20.8. The molecule has 0 saturated carbocycles. The maximum absolute atomic E-state index is 13.5.